The van der Waals surface area contributed by atoms with E-state index in [1.54, 1.807) is 12.1 Å². The quantitative estimate of drug-likeness (QED) is 0.856. The van der Waals surface area contributed by atoms with Gasteiger partial charge in [0.15, 0.2) is 0 Å². The van der Waals surface area contributed by atoms with Gasteiger partial charge in [-0.15, -0.1) is 0 Å². The van der Waals surface area contributed by atoms with Crippen molar-refractivity contribution in [3.05, 3.63) is 23.9 Å². The number of aromatic carboxylic acids is 1. The zero-order chi connectivity index (χ0) is 13.1. The Morgan fingerprint density at radius 2 is 2.22 bits per heavy atom. The summed E-state index contributed by atoms with van der Waals surface area (Å²) in [5.41, 5.74) is 0.235. The van der Waals surface area contributed by atoms with Gasteiger partial charge in [0.2, 0.25) is 0 Å². The van der Waals surface area contributed by atoms with Crippen molar-refractivity contribution < 1.29 is 9.90 Å². The van der Waals surface area contributed by atoms with Crippen molar-refractivity contribution in [3.63, 3.8) is 0 Å². The first-order valence-corrected chi connectivity index (χ1v) is 6.22. The van der Waals surface area contributed by atoms with Gasteiger partial charge in [-0.2, -0.15) is 0 Å². The van der Waals surface area contributed by atoms with Crippen LogP contribution in [0.2, 0.25) is 0 Å². The fourth-order valence-electron chi connectivity index (χ4n) is 2.40. The summed E-state index contributed by atoms with van der Waals surface area (Å²) in [7, 11) is 2.13. The molecule has 0 saturated carbocycles. The van der Waals surface area contributed by atoms with Crippen LogP contribution in [0, 0.1) is 0 Å². The molecule has 0 radical (unpaired) electrons. The molecule has 1 unspecified atom stereocenters. The van der Waals surface area contributed by atoms with Gasteiger partial charge >= 0.3 is 5.97 Å². The van der Waals surface area contributed by atoms with Crippen LogP contribution in [0.3, 0.4) is 0 Å². The smallest absolute Gasteiger partial charge is 0.337 e. The molecule has 1 aromatic rings. The second-order valence-corrected chi connectivity index (χ2v) is 4.87. The molecule has 5 nitrogen and oxygen atoms in total. The van der Waals surface area contributed by atoms with Gasteiger partial charge in [0.25, 0.3) is 0 Å². The zero-order valence-electron chi connectivity index (χ0n) is 10.8. The summed E-state index contributed by atoms with van der Waals surface area (Å²) < 4.78 is 0. The van der Waals surface area contributed by atoms with Crippen LogP contribution < -0.4 is 4.90 Å². The van der Waals surface area contributed by atoms with E-state index < -0.39 is 5.97 Å². The van der Waals surface area contributed by atoms with Crippen LogP contribution in [-0.2, 0) is 0 Å². The molecule has 0 amide bonds. The number of anilines is 1. The molecule has 0 bridgehead atoms. The number of carboxylic acid groups (broad SMARTS) is 1. The molecule has 1 aliphatic rings. The van der Waals surface area contributed by atoms with Crippen molar-refractivity contribution in [2.75, 3.05) is 31.6 Å². The number of pyridine rings is 1. The third kappa shape index (κ3) is 2.79. The Labute approximate surface area is 107 Å². The summed E-state index contributed by atoms with van der Waals surface area (Å²) in [6.45, 7) is 5.23. The minimum absolute atomic E-state index is 0.235. The normalized spacial score (nSPS) is 21.7. The summed E-state index contributed by atoms with van der Waals surface area (Å²) >= 11 is 0. The molecule has 1 fully saturated rings. The Bertz CT molecular complexity index is 419. The van der Waals surface area contributed by atoms with Crippen LogP contribution in [0.15, 0.2) is 18.3 Å². The summed E-state index contributed by atoms with van der Waals surface area (Å²) in [5, 5.41) is 8.86. The standard InChI is InChI=1S/C13H19N3O2/c1-10-9-15(2)6-3-7-16(10)12-5-4-11(8-14-12)13(17)18/h4-5,8,10H,3,6-7,9H2,1-2H3,(H,17,18). The lowest BCUT2D eigenvalue weighted by Gasteiger charge is -2.29. The van der Waals surface area contributed by atoms with E-state index in [2.05, 4.69) is 28.8 Å². The Morgan fingerprint density at radius 3 is 2.83 bits per heavy atom. The van der Waals surface area contributed by atoms with E-state index in [0.29, 0.717) is 6.04 Å². The monoisotopic (exact) mass is 249 g/mol. The molecule has 2 rings (SSSR count). The summed E-state index contributed by atoms with van der Waals surface area (Å²) in [6, 6.07) is 3.80. The van der Waals surface area contributed by atoms with Gasteiger partial charge in [0.1, 0.15) is 5.82 Å². The molecule has 1 saturated heterocycles. The van der Waals surface area contributed by atoms with Gasteiger partial charge in [0.05, 0.1) is 5.56 Å². The molecular weight excluding hydrogens is 230 g/mol. The molecular formula is C13H19N3O2. The van der Waals surface area contributed by atoms with E-state index in [1.165, 1.54) is 6.20 Å². The highest BCUT2D eigenvalue weighted by Gasteiger charge is 2.20. The highest BCUT2D eigenvalue weighted by atomic mass is 16.4. The topological polar surface area (TPSA) is 56.7 Å². The van der Waals surface area contributed by atoms with Crippen LogP contribution in [0.5, 0.6) is 0 Å². The molecule has 98 valence electrons. The number of carboxylic acids is 1. The van der Waals surface area contributed by atoms with E-state index in [1.807, 2.05) is 0 Å². The average Bonchev–Trinajstić information content (AvgIpc) is 2.50. The molecule has 0 spiro atoms. The Hall–Kier alpha value is -1.62. The number of nitrogens with zero attached hydrogens (tertiary/aromatic N) is 3. The van der Waals surface area contributed by atoms with Gasteiger partial charge in [-0.3, -0.25) is 0 Å². The van der Waals surface area contributed by atoms with E-state index in [0.717, 1.165) is 31.9 Å². The molecule has 1 N–H and O–H groups in total. The molecule has 1 atom stereocenters. The van der Waals surface area contributed by atoms with Crippen LogP contribution >= 0.6 is 0 Å². The number of rotatable bonds is 2. The maximum atomic E-state index is 10.8. The minimum atomic E-state index is -0.933. The van der Waals surface area contributed by atoms with E-state index in [4.69, 9.17) is 5.11 Å². The Morgan fingerprint density at radius 1 is 1.44 bits per heavy atom. The van der Waals surface area contributed by atoms with Crippen molar-refractivity contribution in [1.82, 2.24) is 9.88 Å². The van der Waals surface area contributed by atoms with Crippen molar-refractivity contribution in [2.24, 2.45) is 0 Å². The minimum Gasteiger partial charge on any atom is -0.478 e. The summed E-state index contributed by atoms with van der Waals surface area (Å²) in [6.07, 6.45) is 2.53. The van der Waals surface area contributed by atoms with Gasteiger partial charge < -0.3 is 14.9 Å². The predicted octanol–water partition coefficient (Wildman–Crippen LogP) is 1.31. The van der Waals surface area contributed by atoms with Crippen molar-refractivity contribution in [3.8, 4) is 0 Å². The first-order valence-electron chi connectivity index (χ1n) is 6.22. The maximum Gasteiger partial charge on any atom is 0.337 e. The number of carbonyl (C=O) groups is 1. The Balaban J connectivity index is 2.16. The zero-order valence-corrected chi connectivity index (χ0v) is 10.8. The molecule has 1 aliphatic heterocycles. The van der Waals surface area contributed by atoms with E-state index in [9.17, 15) is 4.79 Å². The number of aromatic nitrogens is 1. The van der Waals surface area contributed by atoms with Crippen molar-refractivity contribution in [2.45, 2.75) is 19.4 Å². The molecule has 0 aliphatic carbocycles. The SMILES string of the molecule is CC1CN(C)CCCN1c1ccc(C(=O)O)cn1. The lowest BCUT2D eigenvalue weighted by Crippen LogP contribution is -2.38. The lowest BCUT2D eigenvalue weighted by molar-refractivity contribution is 0.0696. The third-order valence-corrected chi connectivity index (χ3v) is 3.34. The second kappa shape index (κ2) is 5.35. The fraction of sp³-hybridized carbons (Fsp3) is 0.538. The molecule has 0 aromatic carbocycles. The van der Waals surface area contributed by atoms with Crippen molar-refractivity contribution >= 4 is 11.8 Å². The van der Waals surface area contributed by atoms with Gasteiger partial charge in [0, 0.05) is 25.3 Å². The average molecular weight is 249 g/mol. The number of likely N-dealkylation sites (N-methyl/N-ethyl adjacent to an activating group) is 1. The number of hydrogen-bond acceptors (Lipinski definition) is 4. The molecule has 18 heavy (non-hydrogen) atoms. The summed E-state index contributed by atoms with van der Waals surface area (Å²) in [5.74, 6) is -0.0690. The third-order valence-electron chi connectivity index (χ3n) is 3.34. The van der Waals surface area contributed by atoms with Crippen LogP contribution in [0.1, 0.15) is 23.7 Å². The highest BCUT2D eigenvalue weighted by Crippen LogP contribution is 2.18. The molecule has 1 aromatic heterocycles. The Kier molecular flexibility index (Phi) is 3.81. The predicted molar refractivity (Wildman–Crippen MR) is 70.1 cm³/mol. The number of hydrogen-bond donors (Lipinski definition) is 1. The first-order chi connectivity index (χ1) is 8.58. The van der Waals surface area contributed by atoms with Gasteiger partial charge in [-0.05, 0) is 39.1 Å². The highest BCUT2D eigenvalue weighted by molar-refractivity contribution is 5.87. The van der Waals surface area contributed by atoms with E-state index in [-0.39, 0.29) is 5.56 Å². The second-order valence-electron chi connectivity index (χ2n) is 4.87. The summed E-state index contributed by atoms with van der Waals surface area (Å²) in [4.78, 5) is 19.6. The van der Waals surface area contributed by atoms with Crippen molar-refractivity contribution in [1.29, 1.82) is 0 Å². The fourth-order valence-corrected chi connectivity index (χ4v) is 2.40. The van der Waals surface area contributed by atoms with Crippen LogP contribution in [0.25, 0.3) is 0 Å². The van der Waals surface area contributed by atoms with E-state index >= 15 is 0 Å². The molecule has 5 heteroatoms. The van der Waals surface area contributed by atoms with Gasteiger partial charge in [-0.1, -0.05) is 0 Å². The molecule has 2 heterocycles. The van der Waals surface area contributed by atoms with Gasteiger partial charge in [-0.25, -0.2) is 9.78 Å². The largest absolute Gasteiger partial charge is 0.478 e. The lowest BCUT2D eigenvalue weighted by atomic mass is 10.2. The van der Waals surface area contributed by atoms with Crippen LogP contribution in [0.4, 0.5) is 5.82 Å². The van der Waals surface area contributed by atoms with Crippen LogP contribution in [-0.4, -0.2) is 53.7 Å². The first kappa shape index (κ1) is 12.8. The maximum absolute atomic E-state index is 10.8.